The summed E-state index contributed by atoms with van der Waals surface area (Å²) in [5, 5.41) is 11.4. The molecule has 0 amide bonds. The van der Waals surface area contributed by atoms with Crippen LogP contribution in [0.3, 0.4) is 0 Å². The van der Waals surface area contributed by atoms with Crippen LogP contribution in [0.1, 0.15) is 31.9 Å². The Hall–Kier alpha value is -4.19. The van der Waals surface area contributed by atoms with Gasteiger partial charge in [0.05, 0.1) is 6.04 Å². The van der Waals surface area contributed by atoms with E-state index in [9.17, 15) is 0 Å². The van der Waals surface area contributed by atoms with Crippen molar-refractivity contribution in [1.82, 2.24) is 5.32 Å². The number of fused-ring (bicyclic) bond motifs is 6. The van der Waals surface area contributed by atoms with Gasteiger partial charge in [-0.25, -0.2) is 0 Å². The lowest BCUT2D eigenvalue weighted by Gasteiger charge is -2.30. The molecule has 0 spiro atoms. The number of benzene rings is 5. The van der Waals surface area contributed by atoms with Gasteiger partial charge < -0.3 is 0 Å². The van der Waals surface area contributed by atoms with E-state index in [0.717, 1.165) is 12.0 Å². The minimum Gasteiger partial charge on any atom is -0.293 e. The quantitative estimate of drug-likeness (QED) is 0.184. The van der Waals surface area contributed by atoms with E-state index in [4.69, 9.17) is 6.42 Å². The van der Waals surface area contributed by atoms with Crippen LogP contribution in [0.5, 0.6) is 0 Å². The molecular formula is C35H30N2. The van der Waals surface area contributed by atoms with Gasteiger partial charge >= 0.3 is 0 Å². The van der Waals surface area contributed by atoms with Crippen molar-refractivity contribution in [3.63, 3.8) is 0 Å². The van der Waals surface area contributed by atoms with E-state index < -0.39 is 0 Å². The molecule has 0 aromatic heterocycles. The standard InChI is InChI=1S/C35H30N2/c1-4-23(3)35(27-21-36-22-27)37-34(5-2)25-16-14-24(15-17-25)26-18-19-32-30-12-7-6-10-28(30)29-11-8-9-13-31(29)33(32)20-26/h2,6-23,34-35,37H,4H2,1,3H3. The molecule has 37 heavy (non-hydrogen) atoms. The van der Waals surface area contributed by atoms with E-state index in [-0.39, 0.29) is 12.1 Å². The van der Waals surface area contributed by atoms with Crippen molar-refractivity contribution in [3.8, 4) is 23.5 Å². The van der Waals surface area contributed by atoms with Gasteiger partial charge in [0.15, 0.2) is 0 Å². The van der Waals surface area contributed by atoms with Gasteiger partial charge in [-0.15, -0.1) is 6.42 Å². The molecule has 1 aliphatic heterocycles. The number of rotatable bonds is 7. The van der Waals surface area contributed by atoms with E-state index in [1.165, 1.54) is 49.0 Å². The van der Waals surface area contributed by atoms with Crippen molar-refractivity contribution in [2.24, 2.45) is 10.9 Å². The lowest BCUT2D eigenvalue weighted by atomic mass is 9.90. The zero-order chi connectivity index (χ0) is 25.4. The lowest BCUT2D eigenvalue weighted by molar-refractivity contribution is 0.399. The van der Waals surface area contributed by atoms with Crippen molar-refractivity contribution in [2.75, 3.05) is 0 Å². The highest BCUT2D eigenvalue weighted by Crippen LogP contribution is 2.37. The highest BCUT2D eigenvalue weighted by molar-refractivity contribution is 6.25. The molecule has 180 valence electrons. The second-order valence-corrected chi connectivity index (χ2v) is 10.0. The monoisotopic (exact) mass is 478 g/mol. The Labute approximate surface area is 218 Å². The Morgan fingerprint density at radius 3 is 1.81 bits per heavy atom. The number of terminal acetylenes is 1. The average Bonchev–Trinajstić information content (AvgIpc) is 2.94. The predicted molar refractivity (Wildman–Crippen MR) is 159 cm³/mol. The van der Waals surface area contributed by atoms with Crippen LogP contribution in [-0.2, 0) is 0 Å². The first-order valence-electron chi connectivity index (χ1n) is 13.1. The summed E-state index contributed by atoms with van der Waals surface area (Å²) in [6.45, 7) is 4.47. The Bertz CT molecular complexity index is 1680. The van der Waals surface area contributed by atoms with Crippen molar-refractivity contribution in [1.29, 1.82) is 0 Å². The fourth-order valence-corrected chi connectivity index (χ4v) is 5.52. The van der Waals surface area contributed by atoms with Crippen molar-refractivity contribution < 1.29 is 0 Å². The Morgan fingerprint density at radius 1 is 0.757 bits per heavy atom. The summed E-state index contributed by atoms with van der Waals surface area (Å²) in [5.41, 5.74) is 4.72. The molecule has 0 saturated heterocycles. The fourth-order valence-electron chi connectivity index (χ4n) is 5.52. The van der Waals surface area contributed by atoms with Crippen molar-refractivity contribution in [2.45, 2.75) is 32.4 Å². The number of nitrogens with one attached hydrogen (secondary N) is 1. The van der Waals surface area contributed by atoms with E-state index in [0.29, 0.717) is 5.92 Å². The van der Waals surface area contributed by atoms with Crippen molar-refractivity contribution in [3.05, 3.63) is 108 Å². The summed E-state index contributed by atoms with van der Waals surface area (Å²) in [4.78, 5) is 4.17. The summed E-state index contributed by atoms with van der Waals surface area (Å²) in [6, 6.07) is 33.0. The molecule has 6 rings (SSSR count). The maximum atomic E-state index is 6.00. The van der Waals surface area contributed by atoms with Crippen LogP contribution >= 0.6 is 0 Å². The summed E-state index contributed by atoms with van der Waals surface area (Å²) < 4.78 is 0. The fraction of sp³-hybridized carbons (Fsp3) is 0.171. The molecule has 0 aliphatic carbocycles. The van der Waals surface area contributed by atoms with Crippen LogP contribution in [0.25, 0.3) is 43.4 Å². The van der Waals surface area contributed by atoms with E-state index in [1.807, 2.05) is 12.4 Å². The summed E-state index contributed by atoms with van der Waals surface area (Å²) in [7, 11) is 0. The number of aliphatic imine (C=N–C) groups is 1. The molecule has 5 aromatic carbocycles. The minimum atomic E-state index is -0.158. The maximum Gasteiger partial charge on any atom is 0.0948 e. The highest BCUT2D eigenvalue weighted by atomic mass is 15.0. The second kappa shape index (κ2) is 9.69. The number of hydrogen-bond donors (Lipinski definition) is 1. The van der Waals surface area contributed by atoms with Gasteiger partial charge in [0, 0.05) is 24.0 Å². The molecule has 2 nitrogen and oxygen atoms in total. The third-order valence-corrected chi connectivity index (χ3v) is 7.85. The molecule has 0 bridgehead atoms. The topological polar surface area (TPSA) is 24.4 Å². The molecule has 1 aliphatic rings. The summed E-state index contributed by atoms with van der Waals surface area (Å²) >= 11 is 0. The molecule has 1 N–H and O–H groups in total. The molecule has 3 unspecified atom stereocenters. The zero-order valence-electron chi connectivity index (χ0n) is 21.3. The van der Waals surface area contributed by atoms with Gasteiger partial charge in [0.2, 0.25) is 0 Å². The van der Waals surface area contributed by atoms with Crippen LogP contribution in [-0.4, -0.2) is 12.3 Å². The lowest BCUT2D eigenvalue weighted by Crippen LogP contribution is -2.40. The molecule has 0 fully saturated rings. The second-order valence-electron chi connectivity index (χ2n) is 10.0. The van der Waals surface area contributed by atoms with Crippen LogP contribution in [0.4, 0.5) is 0 Å². The van der Waals surface area contributed by atoms with Crippen LogP contribution < -0.4 is 5.32 Å². The first kappa shape index (κ1) is 23.2. The number of nitrogens with zero attached hydrogens (tertiary/aromatic N) is 1. The first-order valence-corrected chi connectivity index (χ1v) is 13.1. The largest absolute Gasteiger partial charge is 0.293 e. The molecule has 5 aromatic rings. The molecular weight excluding hydrogens is 448 g/mol. The van der Waals surface area contributed by atoms with Gasteiger partial charge in [0.25, 0.3) is 0 Å². The maximum absolute atomic E-state index is 6.00. The van der Waals surface area contributed by atoms with Crippen LogP contribution in [0.2, 0.25) is 0 Å². The Morgan fingerprint density at radius 2 is 1.30 bits per heavy atom. The first-order chi connectivity index (χ1) is 18.2. The molecule has 2 heteroatoms. The van der Waals surface area contributed by atoms with Crippen LogP contribution in [0.15, 0.2) is 108 Å². The summed E-state index contributed by atoms with van der Waals surface area (Å²) in [5.74, 6) is 3.44. The molecule has 3 atom stereocenters. The molecule has 0 radical (unpaired) electrons. The van der Waals surface area contributed by atoms with E-state index in [1.54, 1.807) is 0 Å². The third-order valence-electron chi connectivity index (χ3n) is 7.85. The Balaban J connectivity index is 1.36. The van der Waals surface area contributed by atoms with E-state index in [2.05, 4.69) is 121 Å². The average molecular weight is 479 g/mol. The normalized spacial score (nSPS) is 15.2. The van der Waals surface area contributed by atoms with Gasteiger partial charge in [-0.05, 0) is 61.0 Å². The smallest absolute Gasteiger partial charge is 0.0948 e. The third kappa shape index (κ3) is 4.12. The van der Waals surface area contributed by atoms with Crippen LogP contribution in [0, 0.1) is 18.3 Å². The zero-order valence-corrected chi connectivity index (χ0v) is 21.3. The van der Waals surface area contributed by atoms with Crippen molar-refractivity contribution >= 4 is 38.5 Å². The van der Waals surface area contributed by atoms with Gasteiger partial charge in [0.1, 0.15) is 0 Å². The number of hydrogen-bond acceptors (Lipinski definition) is 2. The highest BCUT2D eigenvalue weighted by Gasteiger charge is 2.24. The molecule has 0 saturated carbocycles. The van der Waals surface area contributed by atoms with Gasteiger partial charge in [-0.2, -0.15) is 0 Å². The summed E-state index contributed by atoms with van der Waals surface area (Å²) in [6.07, 6.45) is 10.9. The Kier molecular flexibility index (Phi) is 6.08. The van der Waals surface area contributed by atoms with Gasteiger partial charge in [-0.3, -0.25) is 10.3 Å². The predicted octanol–water partition coefficient (Wildman–Crippen LogP) is 8.46. The SMILES string of the molecule is C#CC(NC(C1=CN=C1)C(C)CC)c1ccc(-c2ccc3c4ccccc4c4ccccc4c3c2)cc1. The minimum absolute atomic E-state index is 0.158. The van der Waals surface area contributed by atoms with Gasteiger partial charge in [-0.1, -0.05) is 111 Å². The van der Waals surface area contributed by atoms with E-state index >= 15 is 0 Å². The molecule has 1 heterocycles.